The molecule has 0 fully saturated rings. The van der Waals surface area contributed by atoms with Crippen LogP contribution in [0.5, 0.6) is 0 Å². The van der Waals surface area contributed by atoms with Gasteiger partial charge in [-0.05, 0) is 31.4 Å². The van der Waals surface area contributed by atoms with Crippen molar-refractivity contribution in [3.8, 4) is 11.5 Å². The molecule has 0 atom stereocenters. The van der Waals surface area contributed by atoms with Crippen LogP contribution < -0.4 is 0 Å². The van der Waals surface area contributed by atoms with Crippen LogP contribution in [0.2, 0.25) is 0 Å². The Labute approximate surface area is 125 Å². The maximum absolute atomic E-state index is 9.24. The third kappa shape index (κ3) is 4.41. The summed E-state index contributed by atoms with van der Waals surface area (Å²) in [4.78, 5) is 4.49. The van der Waals surface area contributed by atoms with E-state index in [9.17, 15) is 10.2 Å². The van der Waals surface area contributed by atoms with Gasteiger partial charge in [0.25, 0.3) is 0 Å². The number of benzene rings is 1. The van der Waals surface area contributed by atoms with Crippen LogP contribution in [0.3, 0.4) is 0 Å². The first-order valence-corrected chi connectivity index (χ1v) is 7.38. The first-order valence-electron chi connectivity index (χ1n) is 7.38. The molecule has 1 heterocycles. The Morgan fingerprint density at radius 2 is 1.81 bits per heavy atom. The van der Waals surface area contributed by atoms with Crippen LogP contribution in [0.25, 0.3) is 11.5 Å². The van der Waals surface area contributed by atoms with Crippen molar-refractivity contribution in [3.63, 3.8) is 0 Å². The zero-order valence-corrected chi connectivity index (χ0v) is 12.5. The van der Waals surface area contributed by atoms with Gasteiger partial charge in [0.1, 0.15) is 6.26 Å². The van der Waals surface area contributed by atoms with Crippen molar-refractivity contribution in [1.82, 2.24) is 4.98 Å². The minimum Gasteiger partial charge on any atom is -0.444 e. The van der Waals surface area contributed by atoms with E-state index in [1.165, 1.54) is 0 Å². The van der Waals surface area contributed by atoms with Crippen molar-refractivity contribution in [2.75, 3.05) is 13.2 Å². The minimum absolute atomic E-state index is 0.0195. The van der Waals surface area contributed by atoms with Crippen LogP contribution in [0.4, 0.5) is 0 Å². The molecule has 0 bridgehead atoms. The number of aliphatic hydroxyl groups excluding tert-OH is 2. The van der Waals surface area contributed by atoms with E-state index < -0.39 is 0 Å². The Hall–Kier alpha value is -1.65. The van der Waals surface area contributed by atoms with Crippen LogP contribution in [0, 0.1) is 5.41 Å². The van der Waals surface area contributed by atoms with Gasteiger partial charge in [-0.2, -0.15) is 0 Å². The van der Waals surface area contributed by atoms with E-state index in [0.717, 1.165) is 36.9 Å². The van der Waals surface area contributed by atoms with E-state index in [1.807, 2.05) is 37.3 Å². The SMILES string of the molecule is CC(CO)(CO)CCCCc1coc(-c2ccccc2)n1. The molecular weight excluding hydrogens is 266 g/mol. The van der Waals surface area contributed by atoms with Gasteiger partial charge in [0, 0.05) is 11.0 Å². The highest BCUT2D eigenvalue weighted by atomic mass is 16.3. The summed E-state index contributed by atoms with van der Waals surface area (Å²) in [6.45, 7) is 1.94. The fourth-order valence-corrected chi connectivity index (χ4v) is 2.20. The van der Waals surface area contributed by atoms with Gasteiger partial charge in [-0.15, -0.1) is 0 Å². The van der Waals surface area contributed by atoms with E-state index in [0.29, 0.717) is 5.89 Å². The highest BCUT2D eigenvalue weighted by Crippen LogP contribution is 2.24. The van der Waals surface area contributed by atoms with Gasteiger partial charge < -0.3 is 14.6 Å². The molecule has 0 aliphatic heterocycles. The molecule has 4 heteroatoms. The van der Waals surface area contributed by atoms with Crippen LogP contribution in [-0.2, 0) is 6.42 Å². The molecule has 0 radical (unpaired) electrons. The Bertz CT molecular complexity index is 532. The van der Waals surface area contributed by atoms with Crippen molar-refractivity contribution in [2.45, 2.75) is 32.6 Å². The number of aromatic nitrogens is 1. The number of hydrogen-bond donors (Lipinski definition) is 2. The molecule has 2 N–H and O–H groups in total. The number of nitrogens with zero attached hydrogens (tertiary/aromatic N) is 1. The van der Waals surface area contributed by atoms with E-state index in [-0.39, 0.29) is 18.6 Å². The molecule has 114 valence electrons. The Morgan fingerprint density at radius 1 is 1.10 bits per heavy atom. The zero-order chi connectivity index (χ0) is 15.1. The Kier molecular flexibility index (Phi) is 5.53. The van der Waals surface area contributed by atoms with Crippen molar-refractivity contribution in [3.05, 3.63) is 42.3 Å². The number of hydrogen-bond acceptors (Lipinski definition) is 4. The topological polar surface area (TPSA) is 66.5 Å². The highest BCUT2D eigenvalue weighted by molar-refractivity contribution is 5.52. The first-order chi connectivity index (χ1) is 10.2. The van der Waals surface area contributed by atoms with E-state index in [2.05, 4.69) is 4.98 Å². The smallest absolute Gasteiger partial charge is 0.226 e. The molecular formula is C17H23NO3. The van der Waals surface area contributed by atoms with Gasteiger partial charge in [0.05, 0.1) is 18.9 Å². The Morgan fingerprint density at radius 3 is 2.48 bits per heavy atom. The molecule has 0 aliphatic carbocycles. The molecule has 4 nitrogen and oxygen atoms in total. The molecule has 0 spiro atoms. The number of rotatable bonds is 8. The van der Waals surface area contributed by atoms with E-state index in [4.69, 9.17) is 4.42 Å². The van der Waals surface area contributed by atoms with Gasteiger partial charge in [-0.3, -0.25) is 0 Å². The van der Waals surface area contributed by atoms with Crippen molar-refractivity contribution in [2.24, 2.45) is 5.41 Å². The lowest BCUT2D eigenvalue weighted by molar-refractivity contribution is 0.0607. The molecule has 1 aromatic carbocycles. The third-order valence-corrected chi connectivity index (χ3v) is 3.80. The summed E-state index contributed by atoms with van der Waals surface area (Å²) in [7, 11) is 0. The maximum atomic E-state index is 9.24. The second-order valence-corrected chi connectivity index (χ2v) is 5.84. The molecule has 0 saturated carbocycles. The van der Waals surface area contributed by atoms with Gasteiger partial charge in [0.2, 0.25) is 5.89 Å². The summed E-state index contributed by atoms with van der Waals surface area (Å²) in [6, 6.07) is 9.84. The standard InChI is InChI=1S/C17H23NO3/c1-17(12-19,13-20)10-6-5-9-15-11-21-16(18-15)14-7-3-2-4-8-14/h2-4,7-8,11,19-20H,5-6,9-10,12-13H2,1H3. The van der Waals surface area contributed by atoms with E-state index in [1.54, 1.807) is 6.26 Å². The molecule has 2 aromatic rings. The zero-order valence-electron chi connectivity index (χ0n) is 12.5. The minimum atomic E-state index is -0.376. The Balaban J connectivity index is 1.81. The second-order valence-electron chi connectivity index (χ2n) is 5.84. The van der Waals surface area contributed by atoms with Gasteiger partial charge in [-0.25, -0.2) is 4.98 Å². The van der Waals surface area contributed by atoms with Gasteiger partial charge in [-0.1, -0.05) is 31.5 Å². The lowest BCUT2D eigenvalue weighted by Gasteiger charge is -2.24. The molecule has 0 amide bonds. The third-order valence-electron chi connectivity index (χ3n) is 3.80. The van der Waals surface area contributed by atoms with Crippen LogP contribution >= 0.6 is 0 Å². The average molecular weight is 289 g/mol. The molecule has 2 rings (SSSR count). The fraction of sp³-hybridized carbons (Fsp3) is 0.471. The molecule has 21 heavy (non-hydrogen) atoms. The number of aliphatic hydroxyl groups is 2. The average Bonchev–Trinajstić information content (AvgIpc) is 3.01. The summed E-state index contributed by atoms with van der Waals surface area (Å²) in [5.74, 6) is 0.654. The predicted octanol–water partition coefficient (Wildman–Crippen LogP) is 3.05. The summed E-state index contributed by atoms with van der Waals surface area (Å²) in [5, 5.41) is 18.5. The fourth-order valence-electron chi connectivity index (χ4n) is 2.20. The van der Waals surface area contributed by atoms with Crippen molar-refractivity contribution in [1.29, 1.82) is 0 Å². The van der Waals surface area contributed by atoms with Crippen molar-refractivity contribution < 1.29 is 14.6 Å². The number of unbranched alkanes of at least 4 members (excludes halogenated alkanes) is 1. The first kappa shape index (κ1) is 15.7. The lowest BCUT2D eigenvalue weighted by atomic mass is 9.86. The van der Waals surface area contributed by atoms with Crippen LogP contribution in [0.15, 0.2) is 41.0 Å². The molecule has 0 saturated heterocycles. The highest BCUT2D eigenvalue weighted by Gasteiger charge is 2.21. The lowest BCUT2D eigenvalue weighted by Crippen LogP contribution is -2.25. The van der Waals surface area contributed by atoms with Crippen LogP contribution in [0.1, 0.15) is 31.9 Å². The number of aryl methyl sites for hydroxylation is 1. The predicted molar refractivity (Wildman–Crippen MR) is 81.8 cm³/mol. The van der Waals surface area contributed by atoms with Crippen molar-refractivity contribution >= 4 is 0 Å². The van der Waals surface area contributed by atoms with Crippen LogP contribution in [-0.4, -0.2) is 28.4 Å². The van der Waals surface area contributed by atoms with E-state index >= 15 is 0 Å². The molecule has 0 aliphatic rings. The molecule has 1 aromatic heterocycles. The summed E-state index contributed by atoms with van der Waals surface area (Å²) in [5.41, 5.74) is 1.55. The second kappa shape index (κ2) is 7.38. The number of oxazole rings is 1. The normalized spacial score (nSPS) is 11.8. The molecule has 0 unspecified atom stereocenters. The van der Waals surface area contributed by atoms with Gasteiger partial charge >= 0.3 is 0 Å². The largest absolute Gasteiger partial charge is 0.444 e. The summed E-state index contributed by atoms with van der Waals surface area (Å²) in [6.07, 6.45) is 5.29. The maximum Gasteiger partial charge on any atom is 0.226 e. The quantitative estimate of drug-likeness (QED) is 0.733. The van der Waals surface area contributed by atoms with Gasteiger partial charge in [0.15, 0.2) is 0 Å². The monoisotopic (exact) mass is 289 g/mol. The summed E-state index contributed by atoms with van der Waals surface area (Å²) < 4.78 is 5.50. The summed E-state index contributed by atoms with van der Waals surface area (Å²) >= 11 is 0.